The molecular formula is C9H19NO3S. The predicted octanol–water partition coefficient (Wildman–Crippen LogP) is 0.411. The van der Waals surface area contributed by atoms with Gasteiger partial charge < -0.3 is 15.5 Å². The number of rotatable bonds is 8. The van der Waals surface area contributed by atoms with Gasteiger partial charge in [0.25, 0.3) is 0 Å². The van der Waals surface area contributed by atoms with Crippen LogP contribution in [0.5, 0.6) is 0 Å². The van der Waals surface area contributed by atoms with E-state index in [1.165, 1.54) is 0 Å². The third-order valence-electron chi connectivity index (χ3n) is 1.78. The Morgan fingerprint density at radius 2 is 2.07 bits per heavy atom. The van der Waals surface area contributed by atoms with Crippen LogP contribution in [-0.4, -0.2) is 46.9 Å². The molecule has 0 aliphatic carbocycles. The highest BCUT2D eigenvalue weighted by Gasteiger charge is 2.19. The summed E-state index contributed by atoms with van der Waals surface area (Å²) < 4.78 is 0. The summed E-state index contributed by atoms with van der Waals surface area (Å²) in [5.74, 6) is 0.834. The van der Waals surface area contributed by atoms with Crippen molar-refractivity contribution in [2.75, 3.05) is 24.7 Å². The fourth-order valence-corrected chi connectivity index (χ4v) is 1.66. The van der Waals surface area contributed by atoms with Crippen molar-refractivity contribution in [2.24, 2.45) is 5.92 Å². The molecule has 1 unspecified atom stereocenters. The van der Waals surface area contributed by atoms with Gasteiger partial charge in [0.1, 0.15) is 6.04 Å². The van der Waals surface area contributed by atoms with Gasteiger partial charge in [-0.05, 0) is 5.92 Å². The molecule has 0 aromatic rings. The van der Waals surface area contributed by atoms with Gasteiger partial charge in [-0.15, -0.1) is 0 Å². The average Bonchev–Trinajstić information content (AvgIpc) is 2.09. The number of hydrogen-bond donors (Lipinski definition) is 3. The van der Waals surface area contributed by atoms with Gasteiger partial charge in [-0.1, -0.05) is 13.8 Å². The maximum Gasteiger partial charge on any atom is 0.320 e. The Balaban J connectivity index is 3.57. The van der Waals surface area contributed by atoms with E-state index in [0.29, 0.717) is 12.3 Å². The Morgan fingerprint density at radius 1 is 1.43 bits per heavy atom. The van der Waals surface area contributed by atoms with E-state index in [9.17, 15) is 4.79 Å². The standard InChI is InChI=1S/C9H19NO3S/c1-7(2)8(9(12)13)10-3-5-14-6-4-11/h7-8,10-11H,3-6H2,1-2H3,(H,12,13). The smallest absolute Gasteiger partial charge is 0.320 e. The van der Waals surface area contributed by atoms with Crippen molar-refractivity contribution in [3.05, 3.63) is 0 Å². The molecule has 0 aliphatic rings. The number of carboxylic acid groups (broad SMARTS) is 1. The van der Waals surface area contributed by atoms with Crippen LogP contribution in [0.15, 0.2) is 0 Å². The van der Waals surface area contributed by atoms with Crippen LogP contribution in [0.2, 0.25) is 0 Å². The van der Waals surface area contributed by atoms with E-state index < -0.39 is 12.0 Å². The van der Waals surface area contributed by atoms with Crippen LogP contribution in [0, 0.1) is 5.92 Å². The SMILES string of the molecule is CC(C)C(NCCSCCO)C(=O)O. The molecule has 0 amide bonds. The summed E-state index contributed by atoms with van der Waals surface area (Å²) in [7, 11) is 0. The molecule has 0 bridgehead atoms. The number of aliphatic carboxylic acids is 1. The first-order valence-electron chi connectivity index (χ1n) is 4.74. The molecule has 0 aromatic carbocycles. The molecular weight excluding hydrogens is 202 g/mol. The van der Waals surface area contributed by atoms with E-state index in [-0.39, 0.29) is 12.5 Å². The predicted molar refractivity (Wildman–Crippen MR) is 58.7 cm³/mol. The lowest BCUT2D eigenvalue weighted by atomic mass is 10.1. The minimum Gasteiger partial charge on any atom is -0.480 e. The quantitative estimate of drug-likeness (QED) is 0.518. The molecule has 0 spiro atoms. The fourth-order valence-electron chi connectivity index (χ4n) is 1.06. The maximum absolute atomic E-state index is 10.8. The maximum atomic E-state index is 10.8. The number of hydrogen-bond acceptors (Lipinski definition) is 4. The van der Waals surface area contributed by atoms with E-state index in [2.05, 4.69) is 5.32 Å². The Hall–Kier alpha value is -0.260. The van der Waals surface area contributed by atoms with E-state index in [0.717, 1.165) is 5.75 Å². The minimum absolute atomic E-state index is 0.0929. The highest BCUT2D eigenvalue weighted by Crippen LogP contribution is 2.02. The highest BCUT2D eigenvalue weighted by molar-refractivity contribution is 7.99. The van der Waals surface area contributed by atoms with Crippen molar-refractivity contribution in [2.45, 2.75) is 19.9 Å². The third-order valence-corrected chi connectivity index (χ3v) is 2.74. The van der Waals surface area contributed by atoms with Crippen molar-refractivity contribution < 1.29 is 15.0 Å². The Morgan fingerprint density at radius 3 is 2.50 bits per heavy atom. The Bertz CT molecular complexity index is 164. The summed E-state index contributed by atoms with van der Waals surface area (Å²) >= 11 is 1.61. The molecule has 0 saturated carbocycles. The fraction of sp³-hybridized carbons (Fsp3) is 0.889. The lowest BCUT2D eigenvalue weighted by Crippen LogP contribution is -2.41. The van der Waals surface area contributed by atoms with Gasteiger partial charge in [0, 0.05) is 18.1 Å². The minimum atomic E-state index is -0.799. The summed E-state index contributed by atoms with van der Waals surface area (Å²) in [5.41, 5.74) is 0. The first-order chi connectivity index (χ1) is 6.59. The molecule has 14 heavy (non-hydrogen) atoms. The van der Waals surface area contributed by atoms with Crippen molar-refractivity contribution in [3.63, 3.8) is 0 Å². The van der Waals surface area contributed by atoms with Crippen LogP contribution in [-0.2, 0) is 4.79 Å². The van der Waals surface area contributed by atoms with Gasteiger partial charge in [0.15, 0.2) is 0 Å². The van der Waals surface area contributed by atoms with E-state index in [4.69, 9.17) is 10.2 Å². The van der Waals surface area contributed by atoms with Crippen molar-refractivity contribution in [3.8, 4) is 0 Å². The first kappa shape index (κ1) is 13.7. The molecule has 5 heteroatoms. The third kappa shape index (κ3) is 6.23. The molecule has 84 valence electrons. The van der Waals surface area contributed by atoms with Crippen molar-refractivity contribution in [1.29, 1.82) is 0 Å². The zero-order chi connectivity index (χ0) is 11.0. The van der Waals surface area contributed by atoms with Gasteiger partial charge in [0.2, 0.25) is 0 Å². The number of carbonyl (C=O) groups is 1. The number of nitrogens with one attached hydrogen (secondary N) is 1. The molecule has 0 rings (SSSR count). The Kier molecular flexibility index (Phi) is 7.93. The van der Waals surface area contributed by atoms with Crippen LogP contribution in [0.4, 0.5) is 0 Å². The molecule has 0 radical (unpaired) electrons. The second-order valence-electron chi connectivity index (χ2n) is 3.35. The molecule has 0 aromatic heterocycles. The van der Waals surface area contributed by atoms with Gasteiger partial charge in [-0.25, -0.2) is 0 Å². The lowest BCUT2D eigenvalue weighted by molar-refractivity contribution is -0.140. The second kappa shape index (κ2) is 8.08. The first-order valence-corrected chi connectivity index (χ1v) is 5.89. The van der Waals surface area contributed by atoms with Crippen LogP contribution in [0.25, 0.3) is 0 Å². The number of aliphatic hydroxyl groups excluding tert-OH is 1. The molecule has 3 N–H and O–H groups in total. The molecule has 0 fully saturated rings. The van der Waals surface area contributed by atoms with Gasteiger partial charge >= 0.3 is 5.97 Å². The molecule has 4 nitrogen and oxygen atoms in total. The van der Waals surface area contributed by atoms with E-state index in [1.54, 1.807) is 11.8 Å². The largest absolute Gasteiger partial charge is 0.480 e. The van der Waals surface area contributed by atoms with Gasteiger partial charge in [-0.3, -0.25) is 4.79 Å². The molecule has 0 heterocycles. The molecule has 0 saturated heterocycles. The normalized spacial score (nSPS) is 13.1. The number of thioether (sulfide) groups is 1. The summed E-state index contributed by atoms with van der Waals surface area (Å²) in [6, 6.07) is -0.468. The number of carboxylic acids is 1. The molecule has 0 aliphatic heterocycles. The highest BCUT2D eigenvalue weighted by atomic mass is 32.2. The van der Waals surface area contributed by atoms with Crippen LogP contribution < -0.4 is 5.32 Å². The number of aliphatic hydroxyl groups is 1. The monoisotopic (exact) mass is 221 g/mol. The zero-order valence-corrected chi connectivity index (χ0v) is 9.51. The summed E-state index contributed by atoms with van der Waals surface area (Å²) in [4.78, 5) is 10.8. The van der Waals surface area contributed by atoms with Crippen molar-refractivity contribution >= 4 is 17.7 Å². The summed E-state index contributed by atoms with van der Waals surface area (Å²) in [6.07, 6.45) is 0. The zero-order valence-electron chi connectivity index (χ0n) is 8.69. The van der Waals surface area contributed by atoms with Crippen LogP contribution in [0.1, 0.15) is 13.8 Å². The second-order valence-corrected chi connectivity index (χ2v) is 4.57. The summed E-state index contributed by atoms with van der Waals surface area (Å²) in [5, 5.41) is 20.3. The van der Waals surface area contributed by atoms with Gasteiger partial charge in [0.05, 0.1) is 6.61 Å². The van der Waals surface area contributed by atoms with Crippen molar-refractivity contribution in [1.82, 2.24) is 5.32 Å². The van der Waals surface area contributed by atoms with Crippen LogP contribution >= 0.6 is 11.8 Å². The summed E-state index contributed by atoms with van der Waals surface area (Å²) in [6.45, 7) is 4.61. The average molecular weight is 221 g/mol. The topological polar surface area (TPSA) is 69.6 Å². The van der Waals surface area contributed by atoms with E-state index >= 15 is 0 Å². The Labute approximate surface area is 89.1 Å². The van der Waals surface area contributed by atoms with Crippen LogP contribution in [0.3, 0.4) is 0 Å². The van der Waals surface area contributed by atoms with Gasteiger partial charge in [-0.2, -0.15) is 11.8 Å². The molecule has 1 atom stereocenters. The lowest BCUT2D eigenvalue weighted by Gasteiger charge is -2.17. The van der Waals surface area contributed by atoms with E-state index in [1.807, 2.05) is 13.8 Å².